The predicted molar refractivity (Wildman–Crippen MR) is 109 cm³/mol. The van der Waals surface area contributed by atoms with Crippen LogP contribution >= 0.6 is 0 Å². The second-order valence-electron chi connectivity index (χ2n) is 11.2. The fourth-order valence-corrected chi connectivity index (χ4v) is 7.58. The van der Waals surface area contributed by atoms with Crippen LogP contribution < -0.4 is 10.6 Å². The Bertz CT molecular complexity index is 734. The van der Waals surface area contributed by atoms with Crippen LogP contribution in [0.4, 0.5) is 0 Å². The van der Waals surface area contributed by atoms with Gasteiger partial charge >= 0.3 is 5.97 Å². The number of fused-ring (bicyclic) bond motifs is 5. The van der Waals surface area contributed by atoms with E-state index < -0.39 is 11.5 Å². The summed E-state index contributed by atoms with van der Waals surface area (Å²) in [4.78, 5) is 36.5. The van der Waals surface area contributed by atoms with Crippen LogP contribution in [0.15, 0.2) is 0 Å². The largest absolute Gasteiger partial charge is 0.480 e. The maximum atomic E-state index is 13.1. The van der Waals surface area contributed by atoms with Crippen LogP contribution in [0.25, 0.3) is 0 Å². The molecule has 1 aliphatic heterocycles. The lowest BCUT2D eigenvalue weighted by Gasteiger charge is -2.60. The molecule has 6 heteroatoms. The molecule has 0 radical (unpaired) electrons. The molecule has 0 aromatic heterocycles. The monoisotopic (exact) mass is 404 g/mol. The summed E-state index contributed by atoms with van der Waals surface area (Å²) in [6, 6.07) is 0.297. The minimum atomic E-state index is -1.24. The van der Waals surface area contributed by atoms with Gasteiger partial charge in [-0.05, 0) is 87.4 Å². The van der Waals surface area contributed by atoms with E-state index in [4.69, 9.17) is 0 Å². The number of rotatable bonds is 3. The zero-order chi connectivity index (χ0) is 21.2. The molecule has 1 heterocycles. The van der Waals surface area contributed by atoms with Crippen molar-refractivity contribution in [2.75, 3.05) is 0 Å². The summed E-state index contributed by atoms with van der Waals surface area (Å²) < 4.78 is 0. The fraction of sp³-hybridized carbons (Fsp3) is 0.870. The normalized spacial score (nSPS) is 44.1. The van der Waals surface area contributed by atoms with E-state index in [2.05, 4.69) is 24.5 Å². The molecule has 0 spiro atoms. The first-order valence-electron chi connectivity index (χ1n) is 11.3. The van der Waals surface area contributed by atoms with Crippen LogP contribution in [0.3, 0.4) is 0 Å². The number of aliphatic carboxylic acids is 1. The van der Waals surface area contributed by atoms with Crippen molar-refractivity contribution >= 4 is 17.8 Å². The number of nitrogens with one attached hydrogen (secondary N) is 2. The van der Waals surface area contributed by atoms with E-state index in [9.17, 15) is 19.5 Å². The van der Waals surface area contributed by atoms with Crippen molar-refractivity contribution in [3.63, 3.8) is 0 Å². The second kappa shape index (κ2) is 6.71. The van der Waals surface area contributed by atoms with E-state index >= 15 is 0 Å². The average molecular weight is 405 g/mol. The molecule has 7 atom stereocenters. The number of carboxylic acids is 1. The predicted octanol–water partition coefficient (Wildman–Crippen LogP) is 3.10. The Hall–Kier alpha value is -1.59. The van der Waals surface area contributed by atoms with Gasteiger partial charge in [-0.15, -0.1) is 0 Å². The summed E-state index contributed by atoms with van der Waals surface area (Å²) in [6.45, 7) is 7.76. The molecule has 3 saturated carbocycles. The standard InChI is InChI=1S/C23H36N2O4/c1-21(2,20(28)29)25-19(27)16-7-6-14-13-5-8-17-23(4,12-10-18(26)24-17)15(13)9-11-22(14,16)3/h13-17H,5-12H2,1-4H3,(H,24,26)(H,25,27)(H,28,29)/t13-,14-,15-,16+,17+,22-,23+/m0/s1. The Labute approximate surface area is 173 Å². The number of carboxylic acid groups (broad SMARTS) is 1. The highest BCUT2D eigenvalue weighted by Gasteiger charge is 2.61. The van der Waals surface area contributed by atoms with Crippen LogP contribution in [0.2, 0.25) is 0 Å². The first-order chi connectivity index (χ1) is 13.5. The molecule has 4 rings (SSSR count). The Morgan fingerprint density at radius 3 is 2.41 bits per heavy atom. The minimum absolute atomic E-state index is 0.0546. The molecule has 4 fully saturated rings. The molecule has 29 heavy (non-hydrogen) atoms. The summed E-state index contributed by atoms with van der Waals surface area (Å²) in [5.41, 5.74) is -1.13. The van der Waals surface area contributed by atoms with Crippen molar-refractivity contribution in [1.29, 1.82) is 0 Å². The highest BCUT2D eigenvalue weighted by molar-refractivity contribution is 5.88. The van der Waals surface area contributed by atoms with Crippen molar-refractivity contribution in [2.45, 2.75) is 90.6 Å². The van der Waals surface area contributed by atoms with E-state index in [0.717, 1.165) is 44.9 Å². The number of piperidine rings is 1. The molecule has 162 valence electrons. The average Bonchev–Trinajstić information content (AvgIpc) is 2.99. The molecule has 6 nitrogen and oxygen atoms in total. The van der Waals surface area contributed by atoms with E-state index in [-0.39, 0.29) is 28.6 Å². The van der Waals surface area contributed by atoms with Gasteiger partial charge in [0.15, 0.2) is 0 Å². The molecule has 3 N–H and O–H groups in total. The highest BCUT2D eigenvalue weighted by Crippen LogP contribution is 2.65. The van der Waals surface area contributed by atoms with E-state index in [0.29, 0.717) is 30.2 Å². The van der Waals surface area contributed by atoms with Gasteiger partial charge in [-0.1, -0.05) is 13.8 Å². The molecule has 1 saturated heterocycles. The zero-order valence-corrected chi connectivity index (χ0v) is 18.2. The van der Waals surface area contributed by atoms with E-state index in [1.54, 1.807) is 13.8 Å². The summed E-state index contributed by atoms with van der Waals surface area (Å²) >= 11 is 0. The Morgan fingerprint density at radius 2 is 1.72 bits per heavy atom. The maximum absolute atomic E-state index is 13.1. The van der Waals surface area contributed by atoms with Crippen LogP contribution in [-0.2, 0) is 14.4 Å². The molecule has 2 amide bonds. The lowest BCUT2D eigenvalue weighted by atomic mass is 9.47. The number of carbonyl (C=O) groups is 3. The third-order valence-corrected chi connectivity index (χ3v) is 9.38. The molecular formula is C23H36N2O4. The van der Waals surface area contributed by atoms with Crippen molar-refractivity contribution in [1.82, 2.24) is 10.6 Å². The molecular weight excluding hydrogens is 368 g/mol. The van der Waals surface area contributed by atoms with Crippen molar-refractivity contribution < 1.29 is 19.5 Å². The van der Waals surface area contributed by atoms with Crippen molar-refractivity contribution in [2.24, 2.45) is 34.5 Å². The topological polar surface area (TPSA) is 95.5 Å². The van der Waals surface area contributed by atoms with Crippen molar-refractivity contribution in [3.05, 3.63) is 0 Å². The summed E-state index contributed by atoms with van der Waals surface area (Å²) in [5, 5.41) is 15.5. The van der Waals surface area contributed by atoms with Crippen molar-refractivity contribution in [3.8, 4) is 0 Å². The van der Waals surface area contributed by atoms with Crippen LogP contribution in [-0.4, -0.2) is 34.5 Å². The fourth-order valence-electron chi connectivity index (χ4n) is 7.58. The van der Waals surface area contributed by atoms with Gasteiger partial charge in [0, 0.05) is 18.4 Å². The molecule has 0 aromatic carbocycles. The summed E-state index contributed by atoms with van der Waals surface area (Å²) in [5.74, 6) is 0.729. The lowest BCUT2D eigenvalue weighted by molar-refractivity contribution is -0.149. The van der Waals surface area contributed by atoms with Crippen LogP contribution in [0, 0.1) is 34.5 Å². The molecule has 4 aliphatic rings. The van der Waals surface area contributed by atoms with Gasteiger partial charge in [0.2, 0.25) is 11.8 Å². The smallest absolute Gasteiger partial charge is 0.328 e. The number of amides is 2. The Morgan fingerprint density at radius 1 is 1.03 bits per heavy atom. The number of hydrogen-bond acceptors (Lipinski definition) is 3. The maximum Gasteiger partial charge on any atom is 0.328 e. The van der Waals surface area contributed by atoms with Gasteiger partial charge in [0.1, 0.15) is 5.54 Å². The quantitative estimate of drug-likeness (QED) is 0.673. The van der Waals surface area contributed by atoms with E-state index in [1.807, 2.05) is 0 Å². The minimum Gasteiger partial charge on any atom is -0.480 e. The van der Waals surface area contributed by atoms with Gasteiger partial charge in [-0.25, -0.2) is 4.79 Å². The zero-order valence-electron chi connectivity index (χ0n) is 18.2. The molecule has 0 bridgehead atoms. The van der Waals surface area contributed by atoms with Gasteiger partial charge in [-0.2, -0.15) is 0 Å². The SMILES string of the molecule is CC(C)(NC(=O)[C@H]1CC[C@H]2[C@@H]3CC[C@H]4NC(=O)CC[C@]4(C)[C@H]3CC[C@]12C)C(=O)O. The second-order valence-corrected chi connectivity index (χ2v) is 11.2. The van der Waals surface area contributed by atoms with Gasteiger partial charge < -0.3 is 15.7 Å². The van der Waals surface area contributed by atoms with Crippen LogP contribution in [0.5, 0.6) is 0 Å². The van der Waals surface area contributed by atoms with Crippen LogP contribution in [0.1, 0.15) is 79.1 Å². The summed E-state index contributed by atoms with van der Waals surface area (Å²) in [7, 11) is 0. The first-order valence-corrected chi connectivity index (χ1v) is 11.3. The third kappa shape index (κ3) is 3.09. The Kier molecular flexibility index (Phi) is 4.78. The first kappa shape index (κ1) is 20.7. The Balaban J connectivity index is 1.54. The van der Waals surface area contributed by atoms with E-state index in [1.165, 1.54) is 0 Å². The number of hydrogen-bond donors (Lipinski definition) is 3. The number of carbonyl (C=O) groups excluding carboxylic acids is 2. The summed E-state index contributed by atoms with van der Waals surface area (Å²) in [6.07, 6.45) is 7.80. The highest BCUT2D eigenvalue weighted by atomic mass is 16.4. The molecule has 0 unspecified atom stereocenters. The molecule has 3 aliphatic carbocycles. The lowest BCUT2D eigenvalue weighted by Crippen LogP contribution is -2.61. The van der Waals surface area contributed by atoms with Gasteiger partial charge in [0.25, 0.3) is 0 Å². The molecule has 0 aromatic rings. The van der Waals surface area contributed by atoms with Gasteiger partial charge in [0.05, 0.1) is 0 Å². The third-order valence-electron chi connectivity index (χ3n) is 9.38. The van der Waals surface area contributed by atoms with Gasteiger partial charge in [-0.3, -0.25) is 9.59 Å².